The van der Waals surface area contributed by atoms with Gasteiger partial charge in [0.15, 0.2) is 0 Å². The number of urea groups is 1. The molecule has 0 aliphatic rings. The van der Waals surface area contributed by atoms with E-state index in [-0.39, 0.29) is 11.2 Å². The summed E-state index contributed by atoms with van der Waals surface area (Å²) in [5, 5.41) is 5.42. The third-order valence-corrected chi connectivity index (χ3v) is 3.60. The lowest BCUT2D eigenvalue weighted by molar-refractivity contribution is -0.140. The van der Waals surface area contributed by atoms with Crippen LogP contribution in [-0.2, 0) is 6.18 Å². The number of halogens is 3. The predicted octanol–water partition coefficient (Wildman–Crippen LogP) is 4.91. The molecule has 0 fully saturated rings. The van der Waals surface area contributed by atoms with Gasteiger partial charge in [-0.15, -0.1) is 0 Å². The van der Waals surface area contributed by atoms with E-state index in [0.29, 0.717) is 16.8 Å². The van der Waals surface area contributed by atoms with E-state index in [2.05, 4.69) is 15.6 Å². The summed E-state index contributed by atoms with van der Waals surface area (Å²) in [6, 6.07) is 13.0. The summed E-state index contributed by atoms with van der Waals surface area (Å²) >= 11 is 0. The Morgan fingerprint density at radius 3 is 2.38 bits per heavy atom. The highest BCUT2D eigenvalue weighted by atomic mass is 19.4. The van der Waals surface area contributed by atoms with Gasteiger partial charge in [-0.05, 0) is 36.4 Å². The Labute approximate surface area is 146 Å². The normalized spacial score (nSPS) is 11.2. The summed E-state index contributed by atoms with van der Waals surface area (Å²) in [5.74, 6) is 0.617. The van der Waals surface area contributed by atoms with Crippen molar-refractivity contribution >= 4 is 28.3 Å². The molecular formula is C18H14F3N3O2. The molecule has 2 amide bonds. The first-order chi connectivity index (χ1) is 12.4. The lowest BCUT2D eigenvalue weighted by Gasteiger charge is -2.13. The molecule has 0 atom stereocenters. The number of anilines is 2. The van der Waals surface area contributed by atoms with Crippen LogP contribution >= 0.6 is 0 Å². The lowest BCUT2D eigenvalue weighted by Crippen LogP contribution is -2.20. The summed E-state index contributed by atoms with van der Waals surface area (Å²) in [6.45, 7) is 0. The summed E-state index contributed by atoms with van der Waals surface area (Å²) < 4.78 is 44.2. The number of carbonyl (C=O) groups excluding carboxylic acids is 1. The molecule has 134 valence electrons. The molecule has 0 saturated carbocycles. The average molecular weight is 361 g/mol. The van der Waals surface area contributed by atoms with E-state index in [0.717, 1.165) is 6.07 Å². The maximum atomic E-state index is 13.0. The van der Waals surface area contributed by atoms with Crippen LogP contribution in [0.5, 0.6) is 5.75 Å². The molecule has 5 nitrogen and oxygen atoms in total. The van der Waals surface area contributed by atoms with Gasteiger partial charge in [-0.2, -0.15) is 13.2 Å². The Balaban J connectivity index is 1.87. The van der Waals surface area contributed by atoms with Gasteiger partial charge < -0.3 is 15.4 Å². The van der Waals surface area contributed by atoms with Crippen LogP contribution in [-0.4, -0.2) is 18.1 Å². The SMILES string of the molecule is COc1ccc(NC(=O)Nc2cc(C(F)(F)F)nc3ccccc23)cc1. The topological polar surface area (TPSA) is 63.2 Å². The van der Waals surface area contributed by atoms with E-state index in [1.807, 2.05) is 0 Å². The van der Waals surface area contributed by atoms with Gasteiger partial charge in [0, 0.05) is 11.1 Å². The first-order valence-corrected chi connectivity index (χ1v) is 7.56. The minimum Gasteiger partial charge on any atom is -0.497 e. The fraction of sp³-hybridized carbons (Fsp3) is 0.111. The Morgan fingerprint density at radius 1 is 1.04 bits per heavy atom. The number of alkyl halides is 3. The van der Waals surface area contributed by atoms with Gasteiger partial charge >= 0.3 is 12.2 Å². The number of amides is 2. The van der Waals surface area contributed by atoms with Crippen molar-refractivity contribution in [3.63, 3.8) is 0 Å². The average Bonchev–Trinajstić information content (AvgIpc) is 2.61. The number of methoxy groups -OCH3 is 1. The van der Waals surface area contributed by atoms with E-state index in [9.17, 15) is 18.0 Å². The highest BCUT2D eigenvalue weighted by Crippen LogP contribution is 2.33. The number of benzene rings is 2. The summed E-state index contributed by atoms with van der Waals surface area (Å²) in [5.41, 5.74) is -0.440. The van der Waals surface area contributed by atoms with Crippen molar-refractivity contribution in [1.29, 1.82) is 0 Å². The molecule has 1 aromatic heterocycles. The number of carbonyl (C=O) groups is 1. The third kappa shape index (κ3) is 3.85. The fourth-order valence-electron chi connectivity index (χ4n) is 2.38. The van der Waals surface area contributed by atoms with Gasteiger partial charge in [-0.25, -0.2) is 9.78 Å². The van der Waals surface area contributed by atoms with Gasteiger partial charge in [-0.3, -0.25) is 0 Å². The number of ether oxygens (including phenoxy) is 1. The van der Waals surface area contributed by atoms with Crippen LogP contribution in [0, 0.1) is 0 Å². The van der Waals surface area contributed by atoms with E-state index in [4.69, 9.17) is 4.74 Å². The monoisotopic (exact) mass is 361 g/mol. The molecule has 0 unspecified atom stereocenters. The highest BCUT2D eigenvalue weighted by Gasteiger charge is 2.33. The quantitative estimate of drug-likeness (QED) is 0.697. The molecule has 2 N–H and O–H groups in total. The second kappa shape index (κ2) is 6.91. The third-order valence-electron chi connectivity index (χ3n) is 3.60. The molecule has 3 rings (SSSR count). The Bertz CT molecular complexity index is 941. The van der Waals surface area contributed by atoms with Gasteiger partial charge in [0.2, 0.25) is 0 Å². The number of hydrogen-bond donors (Lipinski definition) is 2. The Morgan fingerprint density at radius 2 is 1.73 bits per heavy atom. The van der Waals surface area contributed by atoms with E-state index in [1.165, 1.54) is 13.2 Å². The van der Waals surface area contributed by atoms with E-state index >= 15 is 0 Å². The van der Waals surface area contributed by atoms with Gasteiger partial charge in [0.25, 0.3) is 0 Å². The number of fused-ring (bicyclic) bond motifs is 1. The standard InChI is InChI=1S/C18H14F3N3O2/c1-26-12-8-6-11(7-9-12)22-17(25)24-15-10-16(18(19,20)21)23-14-5-3-2-4-13(14)15/h2-10H,1H3,(H2,22,23,24,25). The molecule has 0 saturated heterocycles. The number of nitrogens with one attached hydrogen (secondary N) is 2. The van der Waals surface area contributed by atoms with Gasteiger partial charge in [-0.1, -0.05) is 18.2 Å². The second-order valence-corrected chi connectivity index (χ2v) is 5.38. The number of rotatable bonds is 3. The zero-order chi connectivity index (χ0) is 18.7. The van der Waals surface area contributed by atoms with Crippen LogP contribution in [0.1, 0.15) is 5.69 Å². The molecule has 0 aliphatic heterocycles. The van der Waals surface area contributed by atoms with Crippen LogP contribution in [0.2, 0.25) is 0 Å². The van der Waals surface area contributed by atoms with E-state index in [1.54, 1.807) is 42.5 Å². The minimum atomic E-state index is -4.62. The smallest absolute Gasteiger partial charge is 0.433 e. The molecule has 2 aromatic carbocycles. The largest absolute Gasteiger partial charge is 0.497 e. The summed E-state index contributed by atoms with van der Waals surface area (Å²) in [6.07, 6.45) is -4.62. The molecule has 26 heavy (non-hydrogen) atoms. The first kappa shape index (κ1) is 17.5. The van der Waals surface area contributed by atoms with Crippen molar-refractivity contribution in [3.05, 3.63) is 60.3 Å². The van der Waals surface area contributed by atoms with Gasteiger partial charge in [0.1, 0.15) is 11.4 Å². The minimum absolute atomic E-state index is 0.0222. The fourth-order valence-corrected chi connectivity index (χ4v) is 2.38. The molecule has 8 heteroatoms. The van der Waals surface area contributed by atoms with Crippen molar-refractivity contribution in [1.82, 2.24) is 4.98 Å². The predicted molar refractivity (Wildman–Crippen MR) is 92.4 cm³/mol. The Kier molecular flexibility index (Phi) is 4.66. The lowest BCUT2D eigenvalue weighted by atomic mass is 10.1. The molecule has 3 aromatic rings. The van der Waals surface area contributed by atoms with Crippen molar-refractivity contribution in [2.45, 2.75) is 6.18 Å². The number of nitrogens with zero attached hydrogens (tertiary/aromatic N) is 1. The highest BCUT2D eigenvalue weighted by molar-refractivity contribution is 6.05. The first-order valence-electron chi connectivity index (χ1n) is 7.56. The van der Waals surface area contributed by atoms with Crippen molar-refractivity contribution < 1.29 is 22.7 Å². The molecule has 0 radical (unpaired) electrons. The zero-order valence-electron chi connectivity index (χ0n) is 13.6. The molecule has 0 spiro atoms. The maximum absolute atomic E-state index is 13.0. The number of aromatic nitrogens is 1. The van der Waals surface area contributed by atoms with Crippen LogP contribution in [0.25, 0.3) is 10.9 Å². The van der Waals surface area contributed by atoms with Crippen LogP contribution in [0.4, 0.5) is 29.3 Å². The molecule has 0 aliphatic carbocycles. The van der Waals surface area contributed by atoms with Crippen molar-refractivity contribution in [2.75, 3.05) is 17.7 Å². The van der Waals surface area contributed by atoms with Crippen LogP contribution in [0.15, 0.2) is 54.6 Å². The molecular weight excluding hydrogens is 347 g/mol. The van der Waals surface area contributed by atoms with Crippen molar-refractivity contribution in [2.24, 2.45) is 0 Å². The van der Waals surface area contributed by atoms with E-state index < -0.39 is 17.9 Å². The summed E-state index contributed by atoms with van der Waals surface area (Å²) in [4.78, 5) is 15.8. The number of hydrogen-bond acceptors (Lipinski definition) is 3. The number of pyridine rings is 1. The zero-order valence-corrected chi connectivity index (χ0v) is 13.6. The van der Waals surface area contributed by atoms with Crippen molar-refractivity contribution in [3.8, 4) is 5.75 Å². The molecule has 1 heterocycles. The van der Waals surface area contributed by atoms with Crippen LogP contribution < -0.4 is 15.4 Å². The summed E-state index contributed by atoms with van der Waals surface area (Å²) in [7, 11) is 1.52. The Hall–Kier alpha value is -3.29. The van der Waals surface area contributed by atoms with Gasteiger partial charge in [0.05, 0.1) is 18.3 Å². The van der Waals surface area contributed by atoms with Crippen LogP contribution in [0.3, 0.4) is 0 Å². The molecule has 0 bridgehead atoms. The second-order valence-electron chi connectivity index (χ2n) is 5.38. The number of para-hydroxylation sites is 1. The maximum Gasteiger partial charge on any atom is 0.433 e.